The zero-order valence-electron chi connectivity index (χ0n) is 11.6. The van der Waals surface area contributed by atoms with Crippen LogP contribution in [0.1, 0.15) is 23.2 Å². The minimum Gasteiger partial charge on any atom is -0.399 e. The van der Waals surface area contributed by atoms with Crippen molar-refractivity contribution >= 4 is 11.4 Å². The van der Waals surface area contributed by atoms with Crippen LogP contribution >= 0.6 is 0 Å². The van der Waals surface area contributed by atoms with Gasteiger partial charge in [-0.1, -0.05) is 0 Å². The minimum atomic E-state index is -4.42. The van der Waals surface area contributed by atoms with E-state index in [2.05, 4.69) is 15.5 Å². The topological polar surface area (TPSA) is 66.7 Å². The predicted molar refractivity (Wildman–Crippen MR) is 76.0 cm³/mol. The van der Waals surface area contributed by atoms with Gasteiger partial charge < -0.3 is 11.1 Å². The number of nitrogens with one attached hydrogen (secondary N) is 2. The van der Waals surface area contributed by atoms with Gasteiger partial charge in [0.05, 0.1) is 11.8 Å². The second kappa shape index (κ2) is 6.07. The normalized spacial score (nSPS) is 11.6. The van der Waals surface area contributed by atoms with Crippen molar-refractivity contribution in [1.29, 1.82) is 0 Å². The molecule has 0 aliphatic rings. The maximum Gasteiger partial charge on any atom is 0.418 e. The van der Waals surface area contributed by atoms with Gasteiger partial charge in [-0.15, -0.1) is 0 Å². The lowest BCUT2D eigenvalue weighted by Gasteiger charge is -2.15. The van der Waals surface area contributed by atoms with E-state index >= 15 is 0 Å². The van der Waals surface area contributed by atoms with Crippen molar-refractivity contribution in [3.63, 3.8) is 0 Å². The highest BCUT2D eigenvalue weighted by Gasteiger charge is 2.33. The average molecular weight is 298 g/mol. The number of aromatic nitrogens is 2. The van der Waals surface area contributed by atoms with E-state index in [4.69, 9.17) is 5.73 Å². The van der Waals surface area contributed by atoms with E-state index in [-0.39, 0.29) is 11.4 Å². The van der Waals surface area contributed by atoms with E-state index in [1.807, 2.05) is 6.92 Å². The molecule has 4 nitrogen and oxygen atoms in total. The van der Waals surface area contributed by atoms with Crippen LogP contribution in [0.4, 0.5) is 24.5 Å². The van der Waals surface area contributed by atoms with Gasteiger partial charge in [-0.25, -0.2) is 0 Å². The first-order chi connectivity index (χ1) is 9.88. The maximum absolute atomic E-state index is 12.9. The number of aryl methyl sites for hydroxylation is 2. The van der Waals surface area contributed by atoms with Crippen LogP contribution in [0.3, 0.4) is 0 Å². The van der Waals surface area contributed by atoms with Crippen LogP contribution in [0.15, 0.2) is 24.4 Å². The van der Waals surface area contributed by atoms with Gasteiger partial charge in [-0.2, -0.15) is 18.3 Å². The summed E-state index contributed by atoms with van der Waals surface area (Å²) in [6.45, 7) is 2.36. The first-order valence-electron chi connectivity index (χ1n) is 6.57. The molecule has 0 aliphatic carbocycles. The fourth-order valence-corrected chi connectivity index (χ4v) is 2.08. The van der Waals surface area contributed by atoms with Crippen molar-refractivity contribution in [1.82, 2.24) is 10.2 Å². The molecule has 0 atom stereocenters. The Morgan fingerprint density at radius 3 is 2.71 bits per heavy atom. The molecule has 0 saturated carbocycles. The van der Waals surface area contributed by atoms with Gasteiger partial charge in [0, 0.05) is 23.6 Å². The minimum absolute atomic E-state index is 0.0561. The summed E-state index contributed by atoms with van der Waals surface area (Å²) in [5.41, 5.74) is 6.90. The molecule has 0 spiro atoms. The number of hydrogen-bond acceptors (Lipinski definition) is 3. The zero-order valence-corrected chi connectivity index (χ0v) is 11.6. The maximum atomic E-state index is 12.9. The van der Waals surface area contributed by atoms with Crippen LogP contribution in [0, 0.1) is 6.92 Å². The first-order valence-corrected chi connectivity index (χ1v) is 6.57. The molecule has 1 heterocycles. The number of benzene rings is 1. The fraction of sp³-hybridized carbons (Fsp3) is 0.357. The summed E-state index contributed by atoms with van der Waals surface area (Å²) < 4.78 is 38.7. The van der Waals surface area contributed by atoms with Crippen LogP contribution < -0.4 is 11.1 Å². The zero-order chi connectivity index (χ0) is 15.5. The van der Waals surface area contributed by atoms with E-state index in [1.165, 1.54) is 12.1 Å². The van der Waals surface area contributed by atoms with E-state index in [0.29, 0.717) is 13.0 Å². The smallest absolute Gasteiger partial charge is 0.399 e. The van der Waals surface area contributed by atoms with E-state index in [0.717, 1.165) is 23.7 Å². The number of rotatable bonds is 5. The lowest BCUT2D eigenvalue weighted by atomic mass is 10.1. The number of nitrogens with zero attached hydrogens (tertiary/aromatic N) is 1. The van der Waals surface area contributed by atoms with Gasteiger partial charge in [-0.05, 0) is 43.5 Å². The number of alkyl halides is 3. The number of nitrogen functional groups attached to an aromatic ring is 1. The number of aromatic amines is 1. The van der Waals surface area contributed by atoms with Crippen molar-refractivity contribution < 1.29 is 13.2 Å². The van der Waals surface area contributed by atoms with Crippen molar-refractivity contribution in [2.24, 2.45) is 0 Å². The monoisotopic (exact) mass is 298 g/mol. The van der Waals surface area contributed by atoms with E-state index in [1.54, 1.807) is 6.20 Å². The van der Waals surface area contributed by atoms with Crippen LogP contribution in [-0.2, 0) is 12.6 Å². The molecule has 1 aromatic heterocycles. The largest absolute Gasteiger partial charge is 0.418 e. The average Bonchev–Trinajstić information content (AvgIpc) is 2.80. The number of H-pyrrole nitrogens is 1. The Bertz CT molecular complexity index is 605. The Labute approximate surface area is 120 Å². The Morgan fingerprint density at radius 1 is 1.33 bits per heavy atom. The number of anilines is 2. The highest BCUT2D eigenvalue weighted by Crippen LogP contribution is 2.36. The molecule has 0 unspecified atom stereocenters. The number of nitrogens with two attached hydrogens (primary N) is 1. The molecular formula is C14H17F3N4. The number of halogens is 3. The van der Waals surface area contributed by atoms with Gasteiger partial charge in [-0.3, -0.25) is 5.10 Å². The van der Waals surface area contributed by atoms with Gasteiger partial charge in [0.25, 0.3) is 0 Å². The molecule has 0 radical (unpaired) electrons. The predicted octanol–water partition coefficient (Wildman–Crippen LogP) is 3.36. The lowest BCUT2D eigenvalue weighted by molar-refractivity contribution is -0.136. The highest BCUT2D eigenvalue weighted by molar-refractivity contribution is 5.59. The van der Waals surface area contributed by atoms with Crippen molar-refractivity contribution in [2.75, 3.05) is 17.6 Å². The molecule has 0 saturated heterocycles. The molecule has 114 valence electrons. The standard InChI is InChI=1S/C14H17F3N4/c1-9-10(8-20-21-9)3-2-6-19-13-5-4-11(18)7-12(13)14(15,16)17/h4-5,7-8,19H,2-3,6,18H2,1H3,(H,20,21). The molecular weight excluding hydrogens is 281 g/mol. The van der Waals surface area contributed by atoms with Crippen molar-refractivity contribution in [2.45, 2.75) is 25.9 Å². The number of hydrogen-bond donors (Lipinski definition) is 3. The molecule has 0 aliphatic heterocycles. The van der Waals surface area contributed by atoms with Crippen LogP contribution in [0.5, 0.6) is 0 Å². The molecule has 21 heavy (non-hydrogen) atoms. The third-order valence-corrected chi connectivity index (χ3v) is 3.22. The van der Waals surface area contributed by atoms with Crippen molar-refractivity contribution in [3.05, 3.63) is 41.2 Å². The molecule has 0 bridgehead atoms. The second-order valence-corrected chi connectivity index (χ2v) is 4.85. The van der Waals surface area contributed by atoms with Gasteiger partial charge in [0.15, 0.2) is 0 Å². The Morgan fingerprint density at radius 2 is 2.10 bits per heavy atom. The van der Waals surface area contributed by atoms with E-state index in [9.17, 15) is 13.2 Å². The molecule has 1 aromatic carbocycles. The summed E-state index contributed by atoms with van der Waals surface area (Å²) in [4.78, 5) is 0. The lowest BCUT2D eigenvalue weighted by Crippen LogP contribution is -2.12. The van der Waals surface area contributed by atoms with Crippen LogP contribution in [-0.4, -0.2) is 16.7 Å². The fourth-order valence-electron chi connectivity index (χ4n) is 2.08. The molecule has 2 aromatic rings. The van der Waals surface area contributed by atoms with Crippen molar-refractivity contribution in [3.8, 4) is 0 Å². The second-order valence-electron chi connectivity index (χ2n) is 4.85. The summed E-state index contributed by atoms with van der Waals surface area (Å²) in [5, 5.41) is 9.56. The summed E-state index contributed by atoms with van der Waals surface area (Å²) >= 11 is 0. The summed E-state index contributed by atoms with van der Waals surface area (Å²) in [6.07, 6.45) is -1.22. The Hall–Kier alpha value is -2.18. The molecule has 7 heteroatoms. The SMILES string of the molecule is Cc1[nH]ncc1CCCNc1ccc(N)cc1C(F)(F)F. The van der Waals surface area contributed by atoms with Gasteiger partial charge in [0.2, 0.25) is 0 Å². The summed E-state index contributed by atoms with van der Waals surface area (Å²) in [5.74, 6) is 0. The Balaban J connectivity index is 1.96. The van der Waals surface area contributed by atoms with E-state index < -0.39 is 11.7 Å². The van der Waals surface area contributed by atoms with Crippen LogP contribution in [0.2, 0.25) is 0 Å². The summed E-state index contributed by atoms with van der Waals surface area (Å²) in [7, 11) is 0. The van der Waals surface area contributed by atoms with Crippen LogP contribution in [0.25, 0.3) is 0 Å². The third kappa shape index (κ3) is 3.90. The van der Waals surface area contributed by atoms with Gasteiger partial charge >= 0.3 is 6.18 Å². The first kappa shape index (κ1) is 15.2. The molecule has 4 N–H and O–H groups in total. The highest BCUT2D eigenvalue weighted by atomic mass is 19.4. The Kier molecular flexibility index (Phi) is 4.40. The quantitative estimate of drug-likeness (QED) is 0.585. The third-order valence-electron chi connectivity index (χ3n) is 3.22. The molecule has 0 fully saturated rings. The van der Waals surface area contributed by atoms with Gasteiger partial charge in [0.1, 0.15) is 0 Å². The molecule has 0 amide bonds. The summed E-state index contributed by atoms with van der Waals surface area (Å²) in [6, 6.07) is 3.77. The molecule has 2 rings (SSSR count).